The Kier molecular flexibility index (Phi) is 9.98. The molecule has 1 rings (SSSR count). The summed E-state index contributed by atoms with van der Waals surface area (Å²) in [4.78, 5) is 2.51. The summed E-state index contributed by atoms with van der Waals surface area (Å²) in [6.07, 6.45) is 10.4. The van der Waals surface area contributed by atoms with Crippen molar-refractivity contribution in [1.29, 1.82) is 0 Å². The molecule has 21 heavy (non-hydrogen) atoms. The van der Waals surface area contributed by atoms with Crippen molar-refractivity contribution in [2.45, 2.75) is 71.8 Å². The third-order valence-electron chi connectivity index (χ3n) is 4.04. The predicted octanol–water partition coefficient (Wildman–Crippen LogP) is 5.35. The third-order valence-corrected chi connectivity index (χ3v) is 4.04. The predicted molar refractivity (Wildman–Crippen MR) is 91.7 cm³/mol. The summed E-state index contributed by atoms with van der Waals surface area (Å²) in [7, 11) is 0. The second-order valence-corrected chi connectivity index (χ2v) is 6.03. The van der Waals surface area contributed by atoms with Crippen molar-refractivity contribution in [3.8, 4) is 5.75 Å². The van der Waals surface area contributed by atoms with Gasteiger partial charge in [-0.25, -0.2) is 0 Å². The Morgan fingerprint density at radius 3 is 1.90 bits per heavy atom. The maximum absolute atomic E-state index is 9.95. The first-order valence-corrected chi connectivity index (χ1v) is 8.77. The zero-order valence-electron chi connectivity index (χ0n) is 14.0. The zero-order chi connectivity index (χ0) is 15.3. The Hall–Kier alpha value is -1.02. The minimum absolute atomic E-state index is 0.435. The van der Waals surface area contributed by atoms with Gasteiger partial charge in [0.15, 0.2) is 0 Å². The Balaban J connectivity index is 2.44. The van der Waals surface area contributed by atoms with Crippen LogP contribution in [0.4, 0.5) is 0 Å². The molecule has 2 heteroatoms. The molecule has 0 aliphatic rings. The van der Waals surface area contributed by atoms with E-state index >= 15 is 0 Å². The van der Waals surface area contributed by atoms with Crippen LogP contribution in [0.5, 0.6) is 5.75 Å². The molecule has 0 heterocycles. The van der Waals surface area contributed by atoms with Crippen molar-refractivity contribution in [2.24, 2.45) is 0 Å². The zero-order valence-corrected chi connectivity index (χ0v) is 14.0. The maximum Gasteiger partial charge on any atom is 0.120 e. The Labute approximate surface area is 131 Å². The summed E-state index contributed by atoms with van der Waals surface area (Å²) in [6.45, 7) is 7.70. The highest BCUT2D eigenvalue weighted by molar-refractivity contribution is 5.31. The molecule has 0 amide bonds. The van der Waals surface area contributed by atoms with E-state index in [-0.39, 0.29) is 0 Å². The lowest BCUT2D eigenvalue weighted by atomic mass is 10.1. The molecule has 0 aliphatic heterocycles. The van der Waals surface area contributed by atoms with Crippen molar-refractivity contribution in [3.05, 3.63) is 29.8 Å². The van der Waals surface area contributed by atoms with Crippen LogP contribution < -0.4 is 0 Å². The van der Waals surface area contributed by atoms with E-state index < -0.39 is 0 Å². The van der Waals surface area contributed by atoms with E-state index in [2.05, 4.69) is 18.7 Å². The minimum atomic E-state index is 0.435. The number of rotatable bonds is 12. The molecule has 0 spiro atoms. The first-order valence-electron chi connectivity index (χ1n) is 8.77. The second-order valence-electron chi connectivity index (χ2n) is 6.03. The summed E-state index contributed by atoms with van der Waals surface area (Å²) in [5.41, 5.74) is 1.06. The van der Waals surface area contributed by atoms with Gasteiger partial charge in [-0.05, 0) is 32.0 Å². The number of para-hydroxylation sites is 1. The molecule has 0 aromatic heterocycles. The summed E-state index contributed by atoms with van der Waals surface area (Å²) in [5, 5.41) is 9.95. The summed E-state index contributed by atoms with van der Waals surface area (Å²) >= 11 is 0. The standard InChI is InChI=1S/C19H33NO/c1-3-5-7-11-15-20(16-12-8-6-4-2)17-18-13-9-10-14-19(18)21/h9-10,13-14,21H,3-8,11-12,15-17H2,1-2H3. The maximum atomic E-state index is 9.95. The molecule has 0 fully saturated rings. The summed E-state index contributed by atoms with van der Waals surface area (Å²) < 4.78 is 0. The molecule has 1 aromatic carbocycles. The third kappa shape index (κ3) is 8.11. The molecule has 120 valence electrons. The van der Waals surface area contributed by atoms with Crippen LogP contribution in [0, 0.1) is 0 Å². The molecule has 1 N–H and O–H groups in total. The lowest BCUT2D eigenvalue weighted by Crippen LogP contribution is -2.25. The molecule has 2 nitrogen and oxygen atoms in total. The van der Waals surface area contributed by atoms with Gasteiger partial charge in [0.25, 0.3) is 0 Å². The van der Waals surface area contributed by atoms with Gasteiger partial charge >= 0.3 is 0 Å². The van der Waals surface area contributed by atoms with Gasteiger partial charge in [-0.3, -0.25) is 4.90 Å². The molecular weight excluding hydrogens is 258 g/mol. The van der Waals surface area contributed by atoms with Crippen LogP contribution >= 0.6 is 0 Å². The molecule has 0 unspecified atom stereocenters. The summed E-state index contributed by atoms with van der Waals surface area (Å²) in [6, 6.07) is 7.75. The van der Waals surface area contributed by atoms with Gasteiger partial charge in [-0.1, -0.05) is 70.6 Å². The van der Waals surface area contributed by atoms with E-state index in [1.54, 1.807) is 6.07 Å². The Morgan fingerprint density at radius 2 is 1.38 bits per heavy atom. The second kappa shape index (κ2) is 11.6. The van der Waals surface area contributed by atoms with Crippen LogP contribution in [0.15, 0.2) is 24.3 Å². The van der Waals surface area contributed by atoms with Crippen LogP contribution in [0.3, 0.4) is 0 Å². The lowest BCUT2D eigenvalue weighted by molar-refractivity contribution is 0.249. The lowest BCUT2D eigenvalue weighted by Gasteiger charge is -2.23. The van der Waals surface area contributed by atoms with Gasteiger partial charge in [-0.2, -0.15) is 0 Å². The highest BCUT2D eigenvalue weighted by Gasteiger charge is 2.08. The van der Waals surface area contributed by atoms with Crippen LogP contribution in [-0.2, 0) is 6.54 Å². The highest BCUT2D eigenvalue weighted by atomic mass is 16.3. The quantitative estimate of drug-likeness (QED) is 0.524. The van der Waals surface area contributed by atoms with Crippen molar-refractivity contribution >= 4 is 0 Å². The molecule has 0 radical (unpaired) electrons. The fourth-order valence-electron chi connectivity index (χ4n) is 2.68. The summed E-state index contributed by atoms with van der Waals surface area (Å²) in [5.74, 6) is 0.435. The largest absolute Gasteiger partial charge is 0.508 e. The Bertz CT molecular complexity index is 352. The van der Waals surface area contributed by atoms with Gasteiger partial charge in [0, 0.05) is 12.1 Å². The van der Waals surface area contributed by atoms with Crippen molar-refractivity contribution in [3.63, 3.8) is 0 Å². The van der Waals surface area contributed by atoms with Crippen molar-refractivity contribution in [1.82, 2.24) is 4.90 Å². The molecule has 0 aliphatic carbocycles. The highest BCUT2D eigenvalue weighted by Crippen LogP contribution is 2.18. The van der Waals surface area contributed by atoms with E-state index in [4.69, 9.17) is 0 Å². The molecule has 1 aromatic rings. The molecule has 0 saturated heterocycles. The minimum Gasteiger partial charge on any atom is -0.508 e. The first-order chi connectivity index (χ1) is 10.3. The van der Waals surface area contributed by atoms with Crippen LogP contribution in [0.25, 0.3) is 0 Å². The fourth-order valence-corrected chi connectivity index (χ4v) is 2.68. The number of hydrogen-bond acceptors (Lipinski definition) is 2. The van der Waals surface area contributed by atoms with Crippen molar-refractivity contribution < 1.29 is 5.11 Å². The van der Waals surface area contributed by atoms with Gasteiger partial charge < -0.3 is 5.11 Å². The number of unbranched alkanes of at least 4 members (excludes halogenated alkanes) is 6. The van der Waals surface area contributed by atoms with Crippen LogP contribution in [0.2, 0.25) is 0 Å². The van der Waals surface area contributed by atoms with Gasteiger partial charge in [0.1, 0.15) is 5.75 Å². The first kappa shape index (κ1) is 18.0. The van der Waals surface area contributed by atoms with E-state index in [0.717, 1.165) is 25.2 Å². The van der Waals surface area contributed by atoms with Gasteiger partial charge in [-0.15, -0.1) is 0 Å². The normalized spacial score (nSPS) is 11.2. The molecule has 0 atom stereocenters. The monoisotopic (exact) mass is 291 g/mol. The van der Waals surface area contributed by atoms with E-state index in [0.29, 0.717) is 5.75 Å². The number of benzene rings is 1. The van der Waals surface area contributed by atoms with Crippen molar-refractivity contribution in [2.75, 3.05) is 13.1 Å². The van der Waals surface area contributed by atoms with Crippen LogP contribution in [-0.4, -0.2) is 23.1 Å². The molecule has 0 saturated carbocycles. The fraction of sp³-hybridized carbons (Fsp3) is 0.684. The number of phenolic OH excluding ortho intramolecular Hbond substituents is 1. The smallest absolute Gasteiger partial charge is 0.120 e. The number of phenols is 1. The molecule has 0 bridgehead atoms. The Morgan fingerprint density at radius 1 is 0.810 bits per heavy atom. The van der Waals surface area contributed by atoms with Gasteiger partial charge in [0.05, 0.1) is 0 Å². The topological polar surface area (TPSA) is 23.5 Å². The SMILES string of the molecule is CCCCCCN(CCCCCC)Cc1ccccc1O. The average molecular weight is 291 g/mol. The number of aromatic hydroxyl groups is 1. The van der Waals surface area contributed by atoms with Crippen LogP contribution in [0.1, 0.15) is 70.8 Å². The van der Waals surface area contributed by atoms with E-state index in [1.807, 2.05) is 18.2 Å². The molecular formula is C19H33NO. The van der Waals surface area contributed by atoms with E-state index in [1.165, 1.54) is 51.4 Å². The van der Waals surface area contributed by atoms with Gasteiger partial charge in [0.2, 0.25) is 0 Å². The van der Waals surface area contributed by atoms with E-state index in [9.17, 15) is 5.11 Å². The average Bonchev–Trinajstić information content (AvgIpc) is 2.50. The number of hydrogen-bond donors (Lipinski definition) is 1. The number of nitrogens with zero attached hydrogens (tertiary/aromatic N) is 1.